The maximum Gasteiger partial charge on any atom is 0.251 e. The van der Waals surface area contributed by atoms with Gasteiger partial charge in [-0.2, -0.15) is 0 Å². The predicted octanol–water partition coefficient (Wildman–Crippen LogP) is 1.14. The number of hydrogen-bond acceptors (Lipinski definition) is 4. The molecule has 0 saturated heterocycles. The van der Waals surface area contributed by atoms with Crippen molar-refractivity contribution in [3.8, 4) is 0 Å². The first-order chi connectivity index (χ1) is 11.5. The number of carbonyl (C=O) groups excluding carboxylic acids is 1. The Bertz CT molecular complexity index is 800. The third-order valence-electron chi connectivity index (χ3n) is 4.44. The quantitative estimate of drug-likeness (QED) is 0.883. The molecule has 0 saturated carbocycles. The number of amides is 1. The highest BCUT2D eigenvalue weighted by Gasteiger charge is 2.25. The fourth-order valence-corrected chi connectivity index (χ4v) is 3.07. The van der Waals surface area contributed by atoms with Crippen LogP contribution >= 0.6 is 0 Å². The van der Waals surface area contributed by atoms with Gasteiger partial charge in [-0.3, -0.25) is 14.5 Å². The second-order valence-corrected chi connectivity index (χ2v) is 6.21. The van der Waals surface area contributed by atoms with E-state index in [1.54, 1.807) is 6.92 Å². The molecule has 6 nitrogen and oxygen atoms in total. The van der Waals surface area contributed by atoms with Gasteiger partial charge in [0.15, 0.2) is 0 Å². The van der Waals surface area contributed by atoms with E-state index in [0.29, 0.717) is 11.5 Å². The first kappa shape index (κ1) is 16.4. The molecule has 1 aromatic carbocycles. The summed E-state index contributed by atoms with van der Waals surface area (Å²) in [6.45, 7) is 5.56. The minimum absolute atomic E-state index is 0.0471. The lowest BCUT2D eigenvalue weighted by atomic mass is 9.99. The topological polar surface area (TPSA) is 78.1 Å². The lowest BCUT2D eigenvalue weighted by molar-refractivity contribution is -0.126. The van der Waals surface area contributed by atoms with Crippen molar-refractivity contribution in [3.63, 3.8) is 0 Å². The molecule has 0 aliphatic carbocycles. The molecule has 6 heteroatoms. The van der Waals surface area contributed by atoms with Crippen LogP contribution in [0.4, 0.5) is 0 Å². The summed E-state index contributed by atoms with van der Waals surface area (Å²) in [4.78, 5) is 32.9. The number of hydrogen-bond donors (Lipinski definition) is 2. The molecule has 1 amide bonds. The van der Waals surface area contributed by atoms with Gasteiger partial charge < -0.3 is 10.3 Å². The van der Waals surface area contributed by atoms with Gasteiger partial charge in [0.2, 0.25) is 5.91 Å². The average Bonchev–Trinajstić information content (AvgIpc) is 2.57. The van der Waals surface area contributed by atoms with E-state index in [1.165, 1.54) is 17.2 Å². The lowest BCUT2D eigenvalue weighted by Gasteiger charge is -2.32. The molecule has 0 fully saturated rings. The highest BCUT2D eigenvalue weighted by molar-refractivity contribution is 5.81. The molecule has 2 N–H and O–H groups in total. The number of H-pyrrole nitrogens is 1. The third-order valence-corrected chi connectivity index (χ3v) is 4.44. The molecule has 2 heterocycles. The summed E-state index contributed by atoms with van der Waals surface area (Å²) in [6.07, 6.45) is 0.961. The lowest BCUT2D eigenvalue weighted by Crippen LogP contribution is -2.46. The summed E-state index contributed by atoms with van der Waals surface area (Å²) in [6, 6.07) is 9.55. The first-order valence-corrected chi connectivity index (χ1v) is 8.18. The molecule has 1 unspecified atom stereocenters. The van der Waals surface area contributed by atoms with Crippen molar-refractivity contribution < 1.29 is 4.79 Å². The van der Waals surface area contributed by atoms with Crippen LogP contribution in [0.5, 0.6) is 0 Å². The fraction of sp³-hybridized carbons (Fsp3) is 0.389. The third kappa shape index (κ3) is 3.71. The number of rotatable bonds is 4. The van der Waals surface area contributed by atoms with Crippen LogP contribution in [0.1, 0.15) is 29.6 Å². The maximum atomic E-state index is 12.4. The number of benzene rings is 1. The van der Waals surface area contributed by atoms with E-state index in [1.807, 2.05) is 13.0 Å². The zero-order valence-electron chi connectivity index (χ0n) is 14.0. The van der Waals surface area contributed by atoms with Gasteiger partial charge in [-0.25, -0.2) is 4.98 Å². The van der Waals surface area contributed by atoms with Crippen molar-refractivity contribution in [1.82, 2.24) is 20.2 Å². The van der Waals surface area contributed by atoms with Crippen molar-refractivity contribution in [3.05, 3.63) is 63.3 Å². The Labute approximate surface area is 140 Å². The van der Waals surface area contributed by atoms with E-state index >= 15 is 0 Å². The molecule has 1 aliphatic rings. The molecule has 24 heavy (non-hydrogen) atoms. The Balaban J connectivity index is 1.60. The van der Waals surface area contributed by atoms with E-state index < -0.39 is 0 Å². The Morgan fingerprint density at radius 2 is 2.12 bits per heavy atom. The molecular weight excluding hydrogens is 304 g/mol. The summed E-state index contributed by atoms with van der Waals surface area (Å²) >= 11 is 0. The van der Waals surface area contributed by atoms with Crippen molar-refractivity contribution in [2.75, 3.05) is 6.54 Å². The first-order valence-electron chi connectivity index (χ1n) is 8.18. The van der Waals surface area contributed by atoms with Gasteiger partial charge in [-0.1, -0.05) is 24.3 Å². The number of aryl methyl sites for hydroxylation is 1. The Morgan fingerprint density at radius 3 is 2.88 bits per heavy atom. The van der Waals surface area contributed by atoms with E-state index in [4.69, 9.17) is 0 Å². The minimum Gasteiger partial charge on any atom is -0.349 e. The zero-order chi connectivity index (χ0) is 17.1. The largest absolute Gasteiger partial charge is 0.349 e. The molecule has 0 bridgehead atoms. The SMILES string of the molecule is Cc1nc(CNC(=O)C(C)N2CCc3ccccc3C2)cc(=O)[nH]1. The Hall–Kier alpha value is -2.47. The van der Waals surface area contributed by atoms with E-state index in [2.05, 4.69) is 38.4 Å². The molecule has 0 spiro atoms. The van der Waals surface area contributed by atoms with Gasteiger partial charge >= 0.3 is 0 Å². The van der Waals surface area contributed by atoms with Gasteiger partial charge in [0.05, 0.1) is 18.3 Å². The van der Waals surface area contributed by atoms with E-state index in [9.17, 15) is 9.59 Å². The number of aromatic amines is 1. The summed E-state index contributed by atoms with van der Waals surface area (Å²) < 4.78 is 0. The summed E-state index contributed by atoms with van der Waals surface area (Å²) in [7, 11) is 0. The van der Waals surface area contributed by atoms with Crippen molar-refractivity contribution in [1.29, 1.82) is 0 Å². The smallest absolute Gasteiger partial charge is 0.251 e. The molecule has 1 aromatic heterocycles. The summed E-state index contributed by atoms with van der Waals surface area (Å²) in [5.41, 5.74) is 3.02. The molecular formula is C18H22N4O2. The van der Waals surface area contributed by atoms with Crippen LogP contribution in [-0.2, 0) is 24.3 Å². The van der Waals surface area contributed by atoms with Gasteiger partial charge in [0, 0.05) is 19.2 Å². The van der Waals surface area contributed by atoms with Crippen LogP contribution in [0.25, 0.3) is 0 Å². The highest BCUT2D eigenvalue weighted by Crippen LogP contribution is 2.20. The number of nitrogens with one attached hydrogen (secondary N) is 2. The maximum absolute atomic E-state index is 12.4. The normalized spacial score (nSPS) is 15.6. The molecule has 0 radical (unpaired) electrons. The molecule has 1 atom stereocenters. The molecule has 2 aromatic rings. The van der Waals surface area contributed by atoms with E-state index in [0.717, 1.165) is 19.5 Å². The van der Waals surface area contributed by atoms with Crippen LogP contribution < -0.4 is 10.9 Å². The molecule has 3 rings (SSSR count). The number of aromatic nitrogens is 2. The summed E-state index contributed by atoms with van der Waals surface area (Å²) in [5.74, 6) is 0.501. The number of fused-ring (bicyclic) bond motifs is 1. The van der Waals surface area contributed by atoms with E-state index in [-0.39, 0.29) is 24.1 Å². The van der Waals surface area contributed by atoms with Crippen LogP contribution in [0.15, 0.2) is 35.1 Å². The monoisotopic (exact) mass is 326 g/mol. The van der Waals surface area contributed by atoms with Crippen LogP contribution in [0.3, 0.4) is 0 Å². The van der Waals surface area contributed by atoms with Crippen LogP contribution in [0.2, 0.25) is 0 Å². The second-order valence-electron chi connectivity index (χ2n) is 6.21. The van der Waals surface area contributed by atoms with Crippen LogP contribution in [0, 0.1) is 6.92 Å². The zero-order valence-corrected chi connectivity index (χ0v) is 14.0. The highest BCUT2D eigenvalue weighted by atomic mass is 16.2. The number of carbonyl (C=O) groups is 1. The van der Waals surface area contributed by atoms with Crippen molar-refractivity contribution in [2.24, 2.45) is 0 Å². The number of nitrogens with zero attached hydrogens (tertiary/aromatic N) is 2. The Kier molecular flexibility index (Phi) is 4.76. The van der Waals surface area contributed by atoms with Crippen LogP contribution in [-0.4, -0.2) is 33.4 Å². The summed E-state index contributed by atoms with van der Waals surface area (Å²) in [5, 5.41) is 2.88. The molecule has 1 aliphatic heterocycles. The molecule has 126 valence electrons. The van der Waals surface area contributed by atoms with Gasteiger partial charge in [0.25, 0.3) is 5.56 Å². The van der Waals surface area contributed by atoms with Crippen molar-refractivity contribution in [2.45, 2.75) is 39.4 Å². The predicted molar refractivity (Wildman–Crippen MR) is 91.5 cm³/mol. The minimum atomic E-state index is -0.221. The van der Waals surface area contributed by atoms with Gasteiger partial charge in [-0.05, 0) is 31.4 Å². The van der Waals surface area contributed by atoms with Gasteiger partial charge in [-0.15, -0.1) is 0 Å². The Morgan fingerprint density at radius 1 is 1.38 bits per heavy atom. The van der Waals surface area contributed by atoms with Gasteiger partial charge in [0.1, 0.15) is 5.82 Å². The fourth-order valence-electron chi connectivity index (χ4n) is 3.07. The average molecular weight is 326 g/mol. The standard InChI is InChI=1S/C18H22N4O2/c1-12(22-8-7-14-5-3-4-6-15(14)11-22)18(24)19-10-16-9-17(23)21-13(2)20-16/h3-6,9,12H,7-8,10-11H2,1-2H3,(H,19,24)(H,20,21,23). The van der Waals surface area contributed by atoms with Crippen molar-refractivity contribution >= 4 is 5.91 Å². The second kappa shape index (κ2) is 6.97.